The molecule has 1 amide bonds. The van der Waals surface area contributed by atoms with Crippen molar-refractivity contribution in [3.05, 3.63) is 63.6 Å². The fraction of sp³-hybridized carbons (Fsp3) is 0.278. The summed E-state index contributed by atoms with van der Waals surface area (Å²) in [7, 11) is 0. The average Bonchev–Trinajstić information content (AvgIpc) is 2.60. The lowest BCUT2D eigenvalue weighted by Gasteiger charge is -2.14. The molecule has 6 heteroatoms. The van der Waals surface area contributed by atoms with Crippen molar-refractivity contribution in [2.45, 2.75) is 26.7 Å². The zero-order valence-electron chi connectivity index (χ0n) is 13.7. The molecular weight excluding hydrogens is 308 g/mol. The van der Waals surface area contributed by atoms with Gasteiger partial charge in [0.1, 0.15) is 5.56 Å². The normalized spacial score (nSPS) is 10.2. The number of ether oxygens (including phenoxy) is 1. The Bertz CT molecular complexity index is 773. The number of anilines is 1. The Morgan fingerprint density at radius 3 is 2.33 bits per heavy atom. The third-order valence-electron chi connectivity index (χ3n) is 3.64. The minimum Gasteiger partial charge on any atom is -0.452 e. The monoisotopic (exact) mass is 328 g/mol. The molecular formula is C18H20N2O4. The van der Waals surface area contributed by atoms with Crippen LogP contribution < -0.4 is 10.9 Å². The number of aromatic amines is 1. The summed E-state index contributed by atoms with van der Waals surface area (Å²) in [5, 5.41) is 2.80. The van der Waals surface area contributed by atoms with Crippen molar-refractivity contribution in [2.75, 3.05) is 11.9 Å². The van der Waals surface area contributed by atoms with Crippen LogP contribution in [-0.2, 0) is 22.4 Å². The third kappa shape index (κ3) is 4.10. The van der Waals surface area contributed by atoms with Crippen LogP contribution in [0.3, 0.4) is 0 Å². The number of aryl methyl sites for hydroxylation is 2. The largest absolute Gasteiger partial charge is 0.452 e. The molecule has 6 nitrogen and oxygen atoms in total. The maximum atomic E-state index is 12.1. The molecule has 2 N–H and O–H groups in total. The number of nitrogens with one attached hydrogen (secondary N) is 2. The van der Waals surface area contributed by atoms with Crippen molar-refractivity contribution in [3.63, 3.8) is 0 Å². The first-order chi connectivity index (χ1) is 11.6. The first-order valence-electron chi connectivity index (χ1n) is 7.82. The van der Waals surface area contributed by atoms with E-state index in [1.807, 2.05) is 32.0 Å². The number of aromatic nitrogens is 1. The van der Waals surface area contributed by atoms with E-state index in [2.05, 4.69) is 10.3 Å². The maximum Gasteiger partial charge on any atom is 0.344 e. The Kier molecular flexibility index (Phi) is 5.89. The molecule has 0 spiro atoms. The van der Waals surface area contributed by atoms with Crippen LogP contribution in [0.15, 0.2) is 41.3 Å². The molecule has 0 saturated heterocycles. The third-order valence-corrected chi connectivity index (χ3v) is 3.64. The molecule has 2 rings (SSSR count). The van der Waals surface area contributed by atoms with Gasteiger partial charge in [-0.2, -0.15) is 0 Å². The molecule has 0 aliphatic heterocycles. The first kappa shape index (κ1) is 17.5. The van der Waals surface area contributed by atoms with Gasteiger partial charge in [-0.25, -0.2) is 4.79 Å². The molecule has 0 atom stereocenters. The first-order valence-corrected chi connectivity index (χ1v) is 7.82. The number of rotatable bonds is 6. The van der Waals surface area contributed by atoms with Gasteiger partial charge in [0.2, 0.25) is 0 Å². The molecule has 0 fully saturated rings. The summed E-state index contributed by atoms with van der Waals surface area (Å²) in [6.45, 7) is 3.56. The lowest BCUT2D eigenvalue weighted by molar-refractivity contribution is -0.119. The zero-order chi connectivity index (χ0) is 17.5. The summed E-state index contributed by atoms with van der Waals surface area (Å²) in [5.74, 6) is -1.27. The second-order valence-electron chi connectivity index (χ2n) is 5.20. The highest BCUT2D eigenvalue weighted by molar-refractivity contribution is 5.96. The molecule has 0 aliphatic carbocycles. The second kappa shape index (κ2) is 8.10. The van der Waals surface area contributed by atoms with Crippen molar-refractivity contribution < 1.29 is 14.3 Å². The van der Waals surface area contributed by atoms with Crippen LogP contribution >= 0.6 is 0 Å². The fourth-order valence-corrected chi connectivity index (χ4v) is 2.37. The lowest BCUT2D eigenvalue weighted by atomic mass is 10.0. The topological polar surface area (TPSA) is 88.3 Å². The summed E-state index contributed by atoms with van der Waals surface area (Å²) in [6.07, 6.45) is 2.98. The predicted molar refractivity (Wildman–Crippen MR) is 91.2 cm³/mol. The summed E-state index contributed by atoms with van der Waals surface area (Å²) in [6, 6.07) is 8.72. The van der Waals surface area contributed by atoms with E-state index in [4.69, 9.17) is 4.74 Å². The minimum absolute atomic E-state index is 0.131. The molecule has 1 aromatic heterocycles. The maximum absolute atomic E-state index is 12.1. The molecule has 24 heavy (non-hydrogen) atoms. The lowest BCUT2D eigenvalue weighted by Crippen LogP contribution is -2.25. The van der Waals surface area contributed by atoms with Gasteiger partial charge < -0.3 is 15.0 Å². The van der Waals surface area contributed by atoms with Crippen LogP contribution in [0.1, 0.15) is 35.3 Å². The number of carbonyl (C=O) groups is 2. The molecule has 1 heterocycles. The van der Waals surface area contributed by atoms with E-state index in [0.717, 1.165) is 29.7 Å². The van der Waals surface area contributed by atoms with Crippen LogP contribution in [0.25, 0.3) is 0 Å². The van der Waals surface area contributed by atoms with E-state index in [0.29, 0.717) is 0 Å². The van der Waals surface area contributed by atoms with E-state index >= 15 is 0 Å². The second-order valence-corrected chi connectivity index (χ2v) is 5.20. The van der Waals surface area contributed by atoms with Crippen molar-refractivity contribution in [1.29, 1.82) is 0 Å². The number of carbonyl (C=O) groups excluding carboxylic acids is 2. The average molecular weight is 328 g/mol. The SMILES string of the molecule is CCc1cccc(CC)c1NC(=O)COC(=O)c1ccc[nH]c1=O. The van der Waals surface area contributed by atoms with Crippen LogP contribution in [0.5, 0.6) is 0 Å². The molecule has 1 aromatic carbocycles. The number of hydrogen-bond donors (Lipinski definition) is 2. The summed E-state index contributed by atoms with van der Waals surface area (Å²) < 4.78 is 4.92. The summed E-state index contributed by atoms with van der Waals surface area (Å²) in [5.41, 5.74) is 2.13. The van der Waals surface area contributed by atoms with Gasteiger partial charge in [0.15, 0.2) is 6.61 Å². The Hall–Kier alpha value is -2.89. The van der Waals surface area contributed by atoms with Crippen LogP contribution in [0, 0.1) is 0 Å². The standard InChI is InChI=1S/C18H20N2O4/c1-3-12-7-5-8-13(4-2)16(12)20-15(21)11-24-18(23)14-9-6-10-19-17(14)22/h5-10H,3-4,11H2,1-2H3,(H,19,22)(H,20,21). The number of para-hydroxylation sites is 1. The van der Waals surface area contributed by atoms with E-state index in [1.165, 1.54) is 18.3 Å². The number of benzene rings is 1. The summed E-state index contributed by atoms with van der Waals surface area (Å²) >= 11 is 0. The highest BCUT2D eigenvalue weighted by Crippen LogP contribution is 2.22. The highest BCUT2D eigenvalue weighted by atomic mass is 16.5. The van der Waals surface area contributed by atoms with Crippen molar-refractivity contribution in [3.8, 4) is 0 Å². The van der Waals surface area contributed by atoms with Gasteiger partial charge in [-0.05, 0) is 36.1 Å². The van der Waals surface area contributed by atoms with Crippen LogP contribution in [-0.4, -0.2) is 23.5 Å². The van der Waals surface area contributed by atoms with Crippen molar-refractivity contribution in [1.82, 2.24) is 4.98 Å². The highest BCUT2D eigenvalue weighted by Gasteiger charge is 2.15. The zero-order valence-corrected chi connectivity index (χ0v) is 13.7. The molecule has 0 aliphatic rings. The minimum atomic E-state index is -0.827. The van der Waals surface area contributed by atoms with Gasteiger partial charge >= 0.3 is 5.97 Å². The molecule has 2 aromatic rings. The smallest absolute Gasteiger partial charge is 0.344 e. The molecule has 0 radical (unpaired) electrons. The van der Waals surface area contributed by atoms with E-state index in [1.54, 1.807) is 0 Å². The van der Waals surface area contributed by atoms with Gasteiger partial charge in [-0.1, -0.05) is 32.0 Å². The van der Waals surface area contributed by atoms with E-state index in [-0.39, 0.29) is 5.56 Å². The molecule has 0 unspecified atom stereocenters. The Morgan fingerprint density at radius 1 is 1.08 bits per heavy atom. The predicted octanol–water partition coefficient (Wildman–Crippen LogP) is 2.30. The van der Waals surface area contributed by atoms with Crippen molar-refractivity contribution in [2.24, 2.45) is 0 Å². The molecule has 0 saturated carbocycles. The van der Waals surface area contributed by atoms with E-state index in [9.17, 15) is 14.4 Å². The number of pyridine rings is 1. The van der Waals surface area contributed by atoms with Crippen LogP contribution in [0.4, 0.5) is 5.69 Å². The van der Waals surface area contributed by atoms with Gasteiger partial charge in [0.25, 0.3) is 11.5 Å². The Labute approximate surface area is 139 Å². The number of amides is 1. The number of esters is 1. The van der Waals surface area contributed by atoms with Gasteiger partial charge in [0, 0.05) is 11.9 Å². The number of hydrogen-bond acceptors (Lipinski definition) is 4. The molecule has 0 bridgehead atoms. The van der Waals surface area contributed by atoms with E-state index < -0.39 is 24.0 Å². The summed E-state index contributed by atoms with van der Waals surface area (Å²) in [4.78, 5) is 37.8. The van der Waals surface area contributed by atoms with Crippen molar-refractivity contribution >= 4 is 17.6 Å². The Morgan fingerprint density at radius 2 is 1.75 bits per heavy atom. The number of H-pyrrole nitrogens is 1. The quantitative estimate of drug-likeness (QED) is 0.796. The van der Waals surface area contributed by atoms with Gasteiger partial charge in [-0.3, -0.25) is 9.59 Å². The van der Waals surface area contributed by atoms with Gasteiger partial charge in [0.05, 0.1) is 0 Å². The fourth-order valence-electron chi connectivity index (χ4n) is 2.37. The van der Waals surface area contributed by atoms with Crippen LogP contribution in [0.2, 0.25) is 0 Å². The van der Waals surface area contributed by atoms with Gasteiger partial charge in [-0.15, -0.1) is 0 Å². The Balaban J connectivity index is 2.03. The molecule has 126 valence electrons.